The van der Waals surface area contributed by atoms with Gasteiger partial charge in [0.05, 0.1) is 0 Å². The number of nitrogens with zero attached hydrogens (tertiary/aromatic N) is 1. The van der Waals surface area contributed by atoms with E-state index in [9.17, 15) is 0 Å². The van der Waals surface area contributed by atoms with E-state index >= 15 is 0 Å². The molecule has 0 aromatic rings. The highest BCUT2D eigenvalue weighted by molar-refractivity contribution is 7.60. The molecule has 1 nitrogen and oxygen atoms in total. The van der Waals surface area contributed by atoms with Crippen LogP contribution in [0.4, 0.5) is 0 Å². The highest BCUT2D eigenvalue weighted by atomic mass is 31.1. The molecule has 1 rings (SSSR count). The second kappa shape index (κ2) is 2.69. The molecule has 0 atom stereocenters. The minimum atomic E-state index is 0.0507. The summed E-state index contributed by atoms with van der Waals surface area (Å²) in [7, 11) is 4.50. The molecule has 0 aromatic heterocycles. The maximum atomic E-state index is 2.44. The molecule has 1 aliphatic heterocycles. The third-order valence-corrected chi connectivity index (χ3v) is 7.37. The normalized spacial score (nSPS) is 38.0. The van der Waals surface area contributed by atoms with Crippen molar-refractivity contribution in [1.29, 1.82) is 0 Å². The van der Waals surface area contributed by atoms with E-state index in [1.165, 1.54) is 0 Å². The van der Waals surface area contributed by atoms with Crippen molar-refractivity contribution in [1.82, 2.24) is 4.67 Å². The summed E-state index contributed by atoms with van der Waals surface area (Å²) in [5.41, 5.74) is 0. The molecule has 12 heavy (non-hydrogen) atoms. The third kappa shape index (κ3) is 1.14. The van der Waals surface area contributed by atoms with Gasteiger partial charge in [-0.05, 0) is 28.1 Å². The molecule has 1 saturated heterocycles. The first kappa shape index (κ1) is 10.5. The van der Waals surface area contributed by atoms with E-state index in [1.54, 1.807) is 0 Å². The van der Waals surface area contributed by atoms with Crippen LogP contribution in [0.2, 0.25) is 0 Å². The fourth-order valence-corrected chi connectivity index (χ4v) is 7.66. The molecule has 72 valence electrons. The van der Waals surface area contributed by atoms with Crippen LogP contribution in [0.25, 0.3) is 0 Å². The van der Waals surface area contributed by atoms with Crippen molar-refractivity contribution < 1.29 is 0 Å². The Bertz CT molecular complexity index is 168. The van der Waals surface area contributed by atoms with Crippen LogP contribution in [0.3, 0.4) is 0 Å². The molecule has 2 heteroatoms. The van der Waals surface area contributed by atoms with Crippen LogP contribution < -0.4 is 0 Å². The average Bonchev–Trinajstić information content (AvgIpc) is 1.83. The Morgan fingerprint density at radius 1 is 1.00 bits per heavy atom. The smallest absolute Gasteiger partial charge is 0.00205 e. The maximum Gasteiger partial charge on any atom is 0.00205 e. The van der Waals surface area contributed by atoms with Gasteiger partial charge in [-0.25, -0.2) is 0 Å². The molecule has 0 unspecified atom stereocenters. The zero-order valence-corrected chi connectivity index (χ0v) is 10.4. The summed E-state index contributed by atoms with van der Waals surface area (Å²) in [6.45, 7) is 12.0. The molecule has 0 amide bonds. The van der Waals surface area contributed by atoms with Gasteiger partial charge in [-0.2, -0.15) is 0 Å². The second-order valence-electron chi connectivity index (χ2n) is 5.19. The molecule has 1 fully saturated rings. The summed E-state index contributed by atoms with van der Waals surface area (Å²) in [6.07, 6.45) is 0. The van der Waals surface area contributed by atoms with Crippen LogP contribution in [0.1, 0.15) is 34.6 Å². The highest BCUT2D eigenvalue weighted by Gasteiger charge is 2.59. The Kier molecular flexibility index (Phi) is 2.34. The zero-order valence-electron chi connectivity index (χ0n) is 9.47. The lowest BCUT2D eigenvalue weighted by atomic mass is 9.83. The van der Waals surface area contributed by atoms with E-state index in [2.05, 4.69) is 53.4 Å². The largest absolute Gasteiger partial charge is 0.287 e. The van der Waals surface area contributed by atoms with Crippen LogP contribution in [0, 0.1) is 5.92 Å². The second-order valence-corrected chi connectivity index (χ2v) is 8.92. The minimum absolute atomic E-state index is 0.0507. The standard InChI is InChI=1S/C10H22NP/c1-8-9(2,3)12(11(6)7)10(8,4)5/h8H,1-7H3. The molecular formula is C10H22NP. The first-order valence-corrected chi connectivity index (χ1v) is 5.99. The Labute approximate surface area is 78.3 Å². The van der Waals surface area contributed by atoms with Crippen molar-refractivity contribution in [2.75, 3.05) is 14.1 Å². The van der Waals surface area contributed by atoms with E-state index in [0.29, 0.717) is 10.3 Å². The summed E-state index contributed by atoms with van der Waals surface area (Å²) in [5, 5.41) is 1.09. The molecule has 0 N–H and O–H groups in total. The molecule has 0 aromatic carbocycles. The van der Waals surface area contributed by atoms with Crippen LogP contribution in [-0.4, -0.2) is 29.1 Å². The van der Waals surface area contributed by atoms with Gasteiger partial charge in [0.1, 0.15) is 0 Å². The Balaban J connectivity index is 2.86. The zero-order chi connectivity index (χ0) is 9.73. The highest BCUT2D eigenvalue weighted by Crippen LogP contribution is 2.76. The van der Waals surface area contributed by atoms with Gasteiger partial charge >= 0.3 is 0 Å². The molecule has 0 aliphatic carbocycles. The van der Waals surface area contributed by atoms with Gasteiger partial charge in [0.15, 0.2) is 0 Å². The van der Waals surface area contributed by atoms with E-state index in [0.717, 1.165) is 5.92 Å². The van der Waals surface area contributed by atoms with Crippen LogP contribution >= 0.6 is 8.07 Å². The van der Waals surface area contributed by atoms with Crippen LogP contribution in [-0.2, 0) is 0 Å². The third-order valence-electron chi connectivity index (χ3n) is 3.61. The van der Waals surface area contributed by atoms with Gasteiger partial charge in [0, 0.05) is 10.3 Å². The number of hydrogen-bond donors (Lipinski definition) is 0. The summed E-state index contributed by atoms with van der Waals surface area (Å²) < 4.78 is 2.44. The van der Waals surface area contributed by atoms with Crippen molar-refractivity contribution in [3.8, 4) is 0 Å². The summed E-state index contributed by atoms with van der Waals surface area (Å²) in [6, 6.07) is 0. The van der Waals surface area contributed by atoms with Crippen molar-refractivity contribution >= 4 is 8.07 Å². The maximum absolute atomic E-state index is 2.44. The van der Waals surface area contributed by atoms with E-state index in [-0.39, 0.29) is 8.07 Å². The van der Waals surface area contributed by atoms with Crippen molar-refractivity contribution in [3.05, 3.63) is 0 Å². The van der Waals surface area contributed by atoms with Gasteiger partial charge in [0.2, 0.25) is 0 Å². The lowest BCUT2D eigenvalue weighted by Crippen LogP contribution is -2.58. The lowest BCUT2D eigenvalue weighted by molar-refractivity contribution is 0.282. The fraction of sp³-hybridized carbons (Fsp3) is 1.00. The van der Waals surface area contributed by atoms with Crippen LogP contribution in [0.15, 0.2) is 0 Å². The first-order valence-electron chi connectivity index (χ1n) is 4.70. The van der Waals surface area contributed by atoms with Gasteiger partial charge in [0.25, 0.3) is 0 Å². The Hall–Kier alpha value is 0.390. The van der Waals surface area contributed by atoms with Crippen molar-refractivity contribution in [3.63, 3.8) is 0 Å². The number of hydrogen-bond acceptors (Lipinski definition) is 1. The van der Waals surface area contributed by atoms with Crippen LogP contribution in [0.5, 0.6) is 0 Å². The summed E-state index contributed by atoms with van der Waals surface area (Å²) in [5.74, 6) is 0.846. The molecule has 0 spiro atoms. The minimum Gasteiger partial charge on any atom is -0.287 e. The predicted octanol–water partition coefficient (Wildman–Crippen LogP) is 3.15. The Morgan fingerprint density at radius 3 is 1.50 bits per heavy atom. The van der Waals surface area contributed by atoms with Gasteiger partial charge in [-0.3, -0.25) is 4.67 Å². The van der Waals surface area contributed by atoms with Gasteiger partial charge < -0.3 is 0 Å². The molecule has 0 saturated carbocycles. The predicted molar refractivity (Wildman–Crippen MR) is 57.9 cm³/mol. The SMILES string of the molecule is CC1C(C)(C)P(N(C)C)C1(C)C. The van der Waals surface area contributed by atoms with E-state index in [1.807, 2.05) is 0 Å². The summed E-state index contributed by atoms with van der Waals surface area (Å²) >= 11 is 0. The van der Waals surface area contributed by atoms with E-state index < -0.39 is 0 Å². The quantitative estimate of drug-likeness (QED) is 0.570. The molecule has 1 heterocycles. The molecular weight excluding hydrogens is 165 g/mol. The van der Waals surface area contributed by atoms with E-state index in [4.69, 9.17) is 0 Å². The summed E-state index contributed by atoms with van der Waals surface area (Å²) in [4.78, 5) is 0. The first-order chi connectivity index (χ1) is 5.22. The van der Waals surface area contributed by atoms with Gasteiger partial charge in [-0.1, -0.05) is 34.6 Å². The van der Waals surface area contributed by atoms with Crippen molar-refractivity contribution in [2.24, 2.45) is 5.92 Å². The molecule has 0 radical (unpaired) electrons. The number of rotatable bonds is 1. The molecule has 0 bridgehead atoms. The van der Waals surface area contributed by atoms with Gasteiger partial charge in [-0.15, -0.1) is 0 Å². The lowest BCUT2D eigenvalue weighted by Gasteiger charge is -2.65. The van der Waals surface area contributed by atoms with Crippen molar-refractivity contribution in [2.45, 2.75) is 44.9 Å². The molecule has 1 aliphatic rings. The monoisotopic (exact) mass is 187 g/mol. The fourth-order valence-electron chi connectivity index (χ4n) is 2.94. The Morgan fingerprint density at radius 2 is 1.33 bits per heavy atom. The average molecular weight is 187 g/mol. The topological polar surface area (TPSA) is 3.24 Å².